The number of amides is 1. The van der Waals surface area contributed by atoms with Gasteiger partial charge in [0.15, 0.2) is 0 Å². The fourth-order valence-corrected chi connectivity index (χ4v) is 2.88. The summed E-state index contributed by atoms with van der Waals surface area (Å²) >= 11 is 0. The number of para-hydroxylation sites is 1. The SMILES string of the molecule is O=C(CC1=NNc2cccc3cccc1c23)Nc1ccccc1. The molecule has 3 aromatic rings. The third-order valence-corrected chi connectivity index (χ3v) is 3.91. The Morgan fingerprint density at radius 2 is 1.74 bits per heavy atom. The Balaban J connectivity index is 1.62. The molecule has 1 heterocycles. The second-order valence-electron chi connectivity index (χ2n) is 5.47. The predicted molar refractivity (Wildman–Crippen MR) is 93.8 cm³/mol. The van der Waals surface area contributed by atoms with Crippen molar-refractivity contribution in [2.24, 2.45) is 5.10 Å². The van der Waals surface area contributed by atoms with Crippen molar-refractivity contribution in [1.29, 1.82) is 0 Å². The number of carbonyl (C=O) groups is 1. The lowest BCUT2D eigenvalue weighted by Gasteiger charge is -2.18. The van der Waals surface area contributed by atoms with Gasteiger partial charge in [0.2, 0.25) is 5.91 Å². The van der Waals surface area contributed by atoms with Gasteiger partial charge in [0, 0.05) is 16.6 Å². The van der Waals surface area contributed by atoms with Gasteiger partial charge in [-0.3, -0.25) is 10.2 Å². The summed E-state index contributed by atoms with van der Waals surface area (Å²) in [6.07, 6.45) is 0.231. The highest BCUT2D eigenvalue weighted by Crippen LogP contribution is 2.31. The minimum absolute atomic E-state index is 0.0758. The van der Waals surface area contributed by atoms with Crippen LogP contribution in [0.1, 0.15) is 12.0 Å². The molecule has 0 unspecified atom stereocenters. The molecule has 1 amide bonds. The number of hydrogen-bond donors (Lipinski definition) is 2. The minimum atomic E-state index is -0.0758. The molecule has 0 aliphatic carbocycles. The van der Waals surface area contributed by atoms with E-state index in [0.29, 0.717) is 0 Å². The summed E-state index contributed by atoms with van der Waals surface area (Å²) in [6.45, 7) is 0. The molecule has 0 atom stereocenters. The third-order valence-electron chi connectivity index (χ3n) is 3.91. The standard InChI is InChI=1S/C19H15N3O/c23-18(20-14-8-2-1-3-9-14)12-17-15-10-4-6-13-7-5-11-16(19(13)15)21-22-17/h1-11,21H,12H2,(H,20,23). The molecule has 2 N–H and O–H groups in total. The molecular formula is C19H15N3O. The zero-order chi connectivity index (χ0) is 15.6. The molecule has 0 aromatic heterocycles. The summed E-state index contributed by atoms with van der Waals surface area (Å²) < 4.78 is 0. The Kier molecular flexibility index (Phi) is 3.27. The van der Waals surface area contributed by atoms with Crippen molar-refractivity contribution < 1.29 is 4.79 Å². The van der Waals surface area contributed by atoms with E-state index in [1.165, 1.54) is 0 Å². The normalized spacial score (nSPS) is 12.4. The first-order valence-electron chi connectivity index (χ1n) is 7.51. The van der Waals surface area contributed by atoms with E-state index in [2.05, 4.69) is 28.0 Å². The average Bonchev–Trinajstić information content (AvgIpc) is 2.58. The van der Waals surface area contributed by atoms with Crippen LogP contribution in [0.4, 0.5) is 11.4 Å². The van der Waals surface area contributed by atoms with E-state index in [1.54, 1.807) is 0 Å². The molecule has 1 aliphatic heterocycles. The topological polar surface area (TPSA) is 53.5 Å². The molecule has 0 bridgehead atoms. The molecule has 1 aliphatic rings. The van der Waals surface area contributed by atoms with Gasteiger partial charge in [-0.15, -0.1) is 0 Å². The highest BCUT2D eigenvalue weighted by atomic mass is 16.1. The first-order chi connectivity index (χ1) is 11.3. The van der Waals surface area contributed by atoms with E-state index < -0.39 is 0 Å². The van der Waals surface area contributed by atoms with Crippen molar-refractivity contribution in [3.8, 4) is 0 Å². The Labute approximate surface area is 133 Å². The van der Waals surface area contributed by atoms with Crippen LogP contribution in [0.3, 0.4) is 0 Å². The molecule has 4 nitrogen and oxygen atoms in total. The fourth-order valence-electron chi connectivity index (χ4n) is 2.88. The first kappa shape index (κ1) is 13.5. The lowest BCUT2D eigenvalue weighted by atomic mass is 9.96. The number of nitrogens with zero attached hydrogens (tertiary/aromatic N) is 1. The molecule has 4 heteroatoms. The second kappa shape index (κ2) is 5.57. The number of carbonyl (C=O) groups excluding carboxylic acids is 1. The first-order valence-corrected chi connectivity index (χ1v) is 7.51. The number of hydrazone groups is 1. The predicted octanol–water partition coefficient (Wildman–Crippen LogP) is 4.00. The Morgan fingerprint density at radius 1 is 0.957 bits per heavy atom. The van der Waals surface area contributed by atoms with Crippen molar-refractivity contribution >= 4 is 33.8 Å². The van der Waals surface area contributed by atoms with Crippen LogP contribution in [0.25, 0.3) is 10.8 Å². The van der Waals surface area contributed by atoms with E-state index in [9.17, 15) is 4.79 Å². The highest BCUT2D eigenvalue weighted by molar-refractivity contribution is 6.22. The quantitative estimate of drug-likeness (QED) is 0.768. The maximum absolute atomic E-state index is 12.3. The monoisotopic (exact) mass is 301 g/mol. The zero-order valence-electron chi connectivity index (χ0n) is 12.4. The molecule has 0 spiro atoms. The van der Waals surface area contributed by atoms with Crippen LogP contribution in [0.5, 0.6) is 0 Å². The number of anilines is 2. The van der Waals surface area contributed by atoms with Gasteiger partial charge in [0.25, 0.3) is 0 Å². The molecule has 3 aromatic carbocycles. The van der Waals surface area contributed by atoms with Crippen LogP contribution in [0.2, 0.25) is 0 Å². The van der Waals surface area contributed by atoms with Gasteiger partial charge in [0.1, 0.15) is 0 Å². The van der Waals surface area contributed by atoms with Crippen molar-refractivity contribution in [2.75, 3.05) is 10.7 Å². The number of nitrogens with one attached hydrogen (secondary N) is 2. The molecule has 0 radical (unpaired) electrons. The molecule has 0 fully saturated rings. The van der Waals surface area contributed by atoms with Crippen LogP contribution >= 0.6 is 0 Å². The lowest BCUT2D eigenvalue weighted by molar-refractivity contribution is -0.115. The number of benzene rings is 3. The van der Waals surface area contributed by atoms with Crippen molar-refractivity contribution in [3.05, 3.63) is 72.3 Å². The van der Waals surface area contributed by atoms with Gasteiger partial charge in [-0.2, -0.15) is 5.10 Å². The number of hydrogen-bond acceptors (Lipinski definition) is 3. The molecule has 0 saturated carbocycles. The van der Waals surface area contributed by atoms with Gasteiger partial charge < -0.3 is 5.32 Å². The Hall–Kier alpha value is -3.14. The van der Waals surface area contributed by atoms with Gasteiger partial charge in [-0.25, -0.2) is 0 Å². The summed E-state index contributed by atoms with van der Waals surface area (Å²) in [4.78, 5) is 12.3. The second-order valence-corrected chi connectivity index (χ2v) is 5.47. The summed E-state index contributed by atoms with van der Waals surface area (Å²) in [7, 11) is 0. The fraction of sp³-hybridized carbons (Fsp3) is 0.0526. The van der Waals surface area contributed by atoms with Gasteiger partial charge >= 0.3 is 0 Å². The molecular weight excluding hydrogens is 286 g/mol. The molecule has 4 rings (SSSR count). The maximum atomic E-state index is 12.3. The van der Waals surface area contributed by atoms with Crippen LogP contribution in [0.15, 0.2) is 71.8 Å². The van der Waals surface area contributed by atoms with E-state index in [1.807, 2.05) is 54.6 Å². The largest absolute Gasteiger partial charge is 0.326 e. The van der Waals surface area contributed by atoms with Crippen molar-refractivity contribution in [1.82, 2.24) is 0 Å². The summed E-state index contributed by atoms with van der Waals surface area (Å²) in [5, 5.41) is 9.54. The van der Waals surface area contributed by atoms with Crippen molar-refractivity contribution in [3.63, 3.8) is 0 Å². The average molecular weight is 301 g/mol. The Morgan fingerprint density at radius 3 is 2.57 bits per heavy atom. The summed E-state index contributed by atoms with van der Waals surface area (Å²) in [5.74, 6) is -0.0758. The lowest BCUT2D eigenvalue weighted by Crippen LogP contribution is -2.20. The molecule has 23 heavy (non-hydrogen) atoms. The van der Waals surface area contributed by atoms with Crippen LogP contribution < -0.4 is 10.7 Å². The summed E-state index contributed by atoms with van der Waals surface area (Å²) in [5.41, 5.74) is 6.59. The van der Waals surface area contributed by atoms with Crippen LogP contribution in [0, 0.1) is 0 Å². The zero-order valence-corrected chi connectivity index (χ0v) is 12.4. The van der Waals surface area contributed by atoms with Crippen molar-refractivity contribution in [2.45, 2.75) is 6.42 Å². The van der Waals surface area contributed by atoms with Gasteiger partial charge in [0.05, 0.1) is 17.8 Å². The van der Waals surface area contributed by atoms with E-state index in [4.69, 9.17) is 0 Å². The highest BCUT2D eigenvalue weighted by Gasteiger charge is 2.18. The van der Waals surface area contributed by atoms with Crippen LogP contribution in [-0.4, -0.2) is 11.6 Å². The van der Waals surface area contributed by atoms with Crippen LogP contribution in [-0.2, 0) is 4.79 Å². The maximum Gasteiger partial charge on any atom is 0.230 e. The van der Waals surface area contributed by atoms with E-state index in [-0.39, 0.29) is 12.3 Å². The number of rotatable bonds is 3. The van der Waals surface area contributed by atoms with Gasteiger partial charge in [-0.05, 0) is 23.6 Å². The minimum Gasteiger partial charge on any atom is -0.326 e. The van der Waals surface area contributed by atoms with Gasteiger partial charge in [-0.1, -0.05) is 48.5 Å². The molecule has 112 valence electrons. The third kappa shape index (κ3) is 2.55. The van der Waals surface area contributed by atoms with E-state index in [0.717, 1.165) is 33.4 Å². The summed E-state index contributed by atoms with van der Waals surface area (Å²) in [6, 6.07) is 21.6. The smallest absolute Gasteiger partial charge is 0.230 e. The Bertz CT molecular complexity index is 911. The van der Waals surface area contributed by atoms with E-state index >= 15 is 0 Å². The molecule has 0 saturated heterocycles.